The average molecular weight is 432 g/mol. The Labute approximate surface area is 168 Å². The van der Waals surface area contributed by atoms with E-state index in [-0.39, 0.29) is 10.7 Å². The summed E-state index contributed by atoms with van der Waals surface area (Å²) < 4.78 is 55.9. The molecule has 0 aliphatic carbocycles. The molecule has 1 atom stereocenters. The van der Waals surface area contributed by atoms with Gasteiger partial charge in [-0.1, -0.05) is 17.7 Å². The zero-order valence-corrected chi connectivity index (χ0v) is 17.5. The van der Waals surface area contributed by atoms with Gasteiger partial charge < -0.3 is 4.90 Å². The zero-order chi connectivity index (χ0) is 21.1. The second kappa shape index (κ2) is 8.53. The largest absolute Gasteiger partial charge is 0.416 e. The number of halogens is 4. The topological polar surface area (TPSA) is 45.0 Å². The minimum absolute atomic E-state index is 0.00971. The Morgan fingerprint density at radius 1 is 1.25 bits per heavy atom. The minimum Gasteiger partial charge on any atom is -0.366 e. The van der Waals surface area contributed by atoms with Gasteiger partial charge >= 0.3 is 6.18 Å². The molecule has 0 saturated carbocycles. The van der Waals surface area contributed by atoms with E-state index in [2.05, 4.69) is 9.36 Å². The van der Waals surface area contributed by atoms with Crippen molar-refractivity contribution in [3.8, 4) is 0 Å². The van der Waals surface area contributed by atoms with Gasteiger partial charge in [-0.2, -0.15) is 17.5 Å². The molecule has 0 aliphatic heterocycles. The predicted octanol–water partition coefficient (Wildman–Crippen LogP) is 6.07. The molecule has 2 aromatic carbocycles. The first kappa shape index (κ1) is 22.2. The first-order valence-corrected chi connectivity index (χ1v) is 10.7. The van der Waals surface area contributed by atoms with Crippen molar-refractivity contribution in [1.29, 1.82) is 0 Å². The van der Waals surface area contributed by atoms with E-state index in [0.717, 1.165) is 18.7 Å². The first-order valence-electron chi connectivity index (χ1n) is 8.38. The number of hydrogen-bond acceptors (Lipinski definition) is 3. The molecule has 0 radical (unpaired) electrons. The van der Waals surface area contributed by atoms with Gasteiger partial charge in [-0.05, 0) is 49.7 Å². The van der Waals surface area contributed by atoms with E-state index in [1.807, 2.05) is 18.9 Å². The number of nitrogens with zero attached hydrogens (tertiary/aromatic N) is 3. The number of hydrogen-bond donors (Lipinski definition) is 0. The molecule has 9 heteroatoms. The molecule has 0 spiro atoms. The number of alkyl halides is 3. The highest BCUT2D eigenvalue weighted by Gasteiger charge is 2.30. The Balaban J connectivity index is 2.49. The van der Waals surface area contributed by atoms with Crippen molar-refractivity contribution in [3.63, 3.8) is 0 Å². The normalized spacial score (nSPS) is 14.1. The summed E-state index contributed by atoms with van der Waals surface area (Å²) in [6.07, 6.45) is -1.49. The number of benzene rings is 2. The molecule has 0 N–H and O–H groups in total. The summed E-state index contributed by atoms with van der Waals surface area (Å²) in [6, 6.07) is 7.63. The van der Waals surface area contributed by atoms with Crippen LogP contribution in [-0.2, 0) is 15.9 Å². The molecular weight excluding hydrogens is 411 g/mol. The van der Waals surface area contributed by atoms with Crippen LogP contribution in [0.2, 0.25) is 5.02 Å². The highest BCUT2D eigenvalue weighted by molar-refractivity contribution is 7.93. The zero-order valence-electron chi connectivity index (χ0n) is 15.9. The Morgan fingerprint density at radius 3 is 2.54 bits per heavy atom. The Morgan fingerprint density at radius 2 is 1.93 bits per heavy atom. The third kappa shape index (κ3) is 5.48. The van der Waals surface area contributed by atoms with Crippen LogP contribution in [0.15, 0.2) is 50.6 Å². The summed E-state index contributed by atoms with van der Waals surface area (Å²) in [5.74, 6) is 0. The van der Waals surface area contributed by atoms with E-state index < -0.39 is 21.5 Å². The van der Waals surface area contributed by atoms with Crippen molar-refractivity contribution >= 4 is 39.0 Å². The summed E-state index contributed by atoms with van der Waals surface area (Å²) in [5.41, 5.74) is 0.296. The lowest BCUT2D eigenvalue weighted by atomic mass is 10.2. The second-order valence-electron chi connectivity index (χ2n) is 6.33. The summed E-state index contributed by atoms with van der Waals surface area (Å²) in [6.45, 7) is 4.49. The maximum absolute atomic E-state index is 13.2. The molecule has 4 nitrogen and oxygen atoms in total. The average Bonchev–Trinajstić information content (AvgIpc) is 2.60. The van der Waals surface area contributed by atoms with Crippen LogP contribution in [-0.4, -0.2) is 35.3 Å². The fourth-order valence-electron chi connectivity index (χ4n) is 2.39. The fraction of sp³-hybridized carbons (Fsp3) is 0.316. The quantitative estimate of drug-likeness (QED) is 0.426. The lowest BCUT2D eigenvalue weighted by Crippen LogP contribution is -2.14. The maximum atomic E-state index is 13.2. The number of aryl methyl sites for hydroxylation is 1. The molecule has 0 bridgehead atoms. The van der Waals surface area contributed by atoms with Crippen molar-refractivity contribution in [2.75, 3.05) is 19.8 Å². The molecule has 0 aromatic heterocycles. The molecule has 1 unspecified atom stereocenters. The van der Waals surface area contributed by atoms with Crippen LogP contribution in [0.25, 0.3) is 0 Å². The summed E-state index contributed by atoms with van der Waals surface area (Å²) in [4.78, 5) is 6.53. The van der Waals surface area contributed by atoms with Crippen molar-refractivity contribution < 1.29 is 17.4 Å². The van der Waals surface area contributed by atoms with Crippen LogP contribution in [0.3, 0.4) is 0 Å². The Kier molecular flexibility index (Phi) is 6.77. The smallest absolute Gasteiger partial charge is 0.366 e. The second-order valence-corrected chi connectivity index (χ2v) is 8.96. The molecule has 0 saturated heterocycles. The molecule has 0 aliphatic rings. The molecule has 2 aromatic rings. The summed E-state index contributed by atoms with van der Waals surface area (Å²) in [7, 11) is -1.15. The van der Waals surface area contributed by atoms with Crippen LogP contribution < -0.4 is 0 Å². The van der Waals surface area contributed by atoms with E-state index in [9.17, 15) is 17.4 Å². The van der Waals surface area contributed by atoms with Gasteiger partial charge in [-0.15, -0.1) is 0 Å². The fourth-order valence-corrected chi connectivity index (χ4v) is 4.27. The van der Waals surface area contributed by atoms with Gasteiger partial charge in [-0.25, -0.2) is 9.20 Å². The molecule has 0 amide bonds. The van der Waals surface area contributed by atoms with Gasteiger partial charge in [0.15, 0.2) is 0 Å². The van der Waals surface area contributed by atoms with E-state index in [1.54, 1.807) is 19.3 Å². The van der Waals surface area contributed by atoms with Crippen LogP contribution in [0.5, 0.6) is 0 Å². The monoisotopic (exact) mass is 431 g/mol. The van der Waals surface area contributed by atoms with Crippen LogP contribution >= 0.6 is 11.6 Å². The lowest BCUT2D eigenvalue weighted by Gasteiger charge is -2.12. The highest BCUT2D eigenvalue weighted by Crippen LogP contribution is 2.34. The van der Waals surface area contributed by atoms with Gasteiger partial charge in [0.1, 0.15) is 0 Å². The van der Waals surface area contributed by atoms with Gasteiger partial charge in [0.05, 0.1) is 42.9 Å². The van der Waals surface area contributed by atoms with Crippen molar-refractivity contribution in [2.45, 2.75) is 24.9 Å². The number of aliphatic imine (C=N–C) groups is 1. The van der Waals surface area contributed by atoms with E-state index in [1.165, 1.54) is 24.5 Å². The van der Waals surface area contributed by atoms with Gasteiger partial charge in [0, 0.05) is 19.8 Å². The van der Waals surface area contributed by atoms with Gasteiger partial charge in [-0.3, -0.25) is 0 Å². The maximum Gasteiger partial charge on any atom is 0.416 e. The highest BCUT2D eigenvalue weighted by atomic mass is 35.5. The van der Waals surface area contributed by atoms with E-state index in [4.69, 9.17) is 11.6 Å². The molecule has 2 rings (SSSR count). The molecular formula is C19H21ClF3N3OS. The van der Waals surface area contributed by atoms with Crippen molar-refractivity contribution in [1.82, 2.24) is 4.90 Å². The van der Waals surface area contributed by atoms with Crippen molar-refractivity contribution in [3.05, 3.63) is 52.5 Å². The first-order chi connectivity index (χ1) is 12.9. The van der Waals surface area contributed by atoms with Crippen LogP contribution in [0.1, 0.15) is 18.1 Å². The van der Waals surface area contributed by atoms with E-state index >= 15 is 0 Å². The molecule has 0 fully saturated rings. The summed E-state index contributed by atoms with van der Waals surface area (Å²) in [5, 5.41) is 0.287. The Bertz CT molecular complexity index is 1010. The standard InChI is InChI=1S/C19H21ClF3N3OS/c1-5-26(3)12-24-17-9-13(2)18(11-16(17)20)28(4,27)25-15-8-6-7-14(10-15)19(21,22)23/h6-12H,5H2,1-4H3/b24-12-. The third-order valence-electron chi connectivity index (χ3n) is 4.00. The van der Waals surface area contributed by atoms with Crippen LogP contribution in [0.4, 0.5) is 24.5 Å². The van der Waals surface area contributed by atoms with Crippen molar-refractivity contribution in [2.24, 2.45) is 9.36 Å². The van der Waals surface area contributed by atoms with E-state index in [0.29, 0.717) is 16.1 Å². The number of rotatable bonds is 5. The SMILES string of the molecule is CCN(C)/C=N\c1cc(C)c(S(C)(=O)=Nc2cccc(C(F)(F)F)c2)cc1Cl. The predicted molar refractivity (Wildman–Crippen MR) is 109 cm³/mol. The minimum atomic E-state index is -4.50. The van der Waals surface area contributed by atoms with Gasteiger partial charge in [0.25, 0.3) is 0 Å². The molecule has 0 heterocycles. The molecule has 152 valence electrons. The molecule has 28 heavy (non-hydrogen) atoms. The third-order valence-corrected chi connectivity index (χ3v) is 6.12. The van der Waals surface area contributed by atoms with Crippen LogP contribution in [0, 0.1) is 6.92 Å². The Hall–Kier alpha value is -2.06. The summed E-state index contributed by atoms with van der Waals surface area (Å²) >= 11 is 6.27. The lowest BCUT2D eigenvalue weighted by molar-refractivity contribution is -0.137. The van der Waals surface area contributed by atoms with Gasteiger partial charge in [0.2, 0.25) is 0 Å².